The molecule has 3 rings (SSSR count). The first-order chi connectivity index (χ1) is 15.6. The van der Waals surface area contributed by atoms with E-state index < -0.39 is 5.60 Å². The van der Waals surface area contributed by atoms with Gasteiger partial charge in [0.15, 0.2) is 0 Å². The number of rotatable bonds is 10. The molecule has 0 heterocycles. The van der Waals surface area contributed by atoms with Gasteiger partial charge in [0.25, 0.3) is 0 Å². The van der Waals surface area contributed by atoms with Gasteiger partial charge in [-0.25, -0.2) is 0 Å². The van der Waals surface area contributed by atoms with Crippen molar-refractivity contribution in [3.05, 3.63) is 35.5 Å². The summed E-state index contributed by atoms with van der Waals surface area (Å²) in [4.78, 5) is 0. The lowest BCUT2D eigenvalue weighted by atomic mass is 9.60. The molecule has 188 valence electrons. The second-order valence-electron chi connectivity index (χ2n) is 11.8. The van der Waals surface area contributed by atoms with Crippen molar-refractivity contribution in [3.63, 3.8) is 0 Å². The first-order valence-electron chi connectivity index (χ1n) is 13.3. The Kier molecular flexibility index (Phi) is 9.42. The normalized spacial score (nSPS) is 34.1. The zero-order valence-electron chi connectivity index (χ0n) is 21.7. The molecule has 5 unspecified atom stereocenters. The summed E-state index contributed by atoms with van der Waals surface area (Å²) < 4.78 is 11.0. The fraction of sp³-hybridized carbons (Fsp3) is 0.793. The van der Waals surface area contributed by atoms with Gasteiger partial charge in [0.1, 0.15) is 6.79 Å². The summed E-state index contributed by atoms with van der Waals surface area (Å²) in [5, 5.41) is 10.1. The standard InChI is InChI=1S/C29H49NO3/c1-21-10-13-25(33-20-32-19-30)18-24(21)12-11-23-9-7-17-29(5)26(14-15-27(23)29)22(2)8-6-16-28(3,4)31/h11-12,22,25-27,31H,1,6-10,13-20,30H2,2-5H3. The highest BCUT2D eigenvalue weighted by molar-refractivity contribution is 5.36. The lowest BCUT2D eigenvalue weighted by molar-refractivity contribution is -0.0908. The summed E-state index contributed by atoms with van der Waals surface area (Å²) in [6.45, 7) is 13.7. The molecule has 5 atom stereocenters. The Morgan fingerprint density at radius 2 is 2.03 bits per heavy atom. The largest absolute Gasteiger partial charge is 0.390 e. The van der Waals surface area contributed by atoms with E-state index in [0.29, 0.717) is 11.3 Å². The van der Waals surface area contributed by atoms with Crippen LogP contribution in [0.4, 0.5) is 0 Å². The molecule has 4 heteroatoms. The maximum atomic E-state index is 10.1. The highest BCUT2D eigenvalue weighted by Crippen LogP contribution is 2.60. The molecule has 33 heavy (non-hydrogen) atoms. The van der Waals surface area contributed by atoms with Crippen molar-refractivity contribution >= 4 is 0 Å². The van der Waals surface area contributed by atoms with Crippen LogP contribution in [0.15, 0.2) is 35.5 Å². The van der Waals surface area contributed by atoms with Crippen LogP contribution < -0.4 is 5.73 Å². The minimum atomic E-state index is -0.541. The van der Waals surface area contributed by atoms with E-state index in [1.165, 1.54) is 49.7 Å². The van der Waals surface area contributed by atoms with Gasteiger partial charge in [-0.2, -0.15) is 0 Å². The zero-order chi connectivity index (χ0) is 24.1. The smallest absolute Gasteiger partial charge is 0.148 e. The fourth-order valence-corrected chi connectivity index (χ4v) is 6.99. The Labute approximate surface area is 202 Å². The molecule has 0 aromatic carbocycles. The first kappa shape index (κ1) is 26.7. The van der Waals surface area contributed by atoms with Crippen LogP contribution in [0.1, 0.15) is 98.3 Å². The van der Waals surface area contributed by atoms with Crippen LogP contribution in [0.5, 0.6) is 0 Å². The van der Waals surface area contributed by atoms with Crippen LogP contribution in [0.2, 0.25) is 0 Å². The number of aliphatic hydroxyl groups is 1. The number of allylic oxidation sites excluding steroid dienone is 4. The van der Waals surface area contributed by atoms with Gasteiger partial charge in [-0.1, -0.05) is 56.6 Å². The molecule has 3 aliphatic rings. The van der Waals surface area contributed by atoms with Crippen LogP contribution in [0, 0.1) is 23.2 Å². The molecule has 3 aliphatic carbocycles. The topological polar surface area (TPSA) is 64.7 Å². The third-order valence-corrected chi connectivity index (χ3v) is 8.85. The molecule has 3 saturated carbocycles. The van der Waals surface area contributed by atoms with E-state index in [1.54, 1.807) is 5.57 Å². The molecule has 3 N–H and O–H groups in total. The van der Waals surface area contributed by atoms with Gasteiger partial charge in [-0.3, -0.25) is 0 Å². The van der Waals surface area contributed by atoms with E-state index in [-0.39, 0.29) is 19.6 Å². The van der Waals surface area contributed by atoms with Gasteiger partial charge in [-0.05, 0) is 100 Å². The third-order valence-electron chi connectivity index (χ3n) is 8.85. The second-order valence-corrected chi connectivity index (χ2v) is 11.8. The predicted octanol–water partition coefficient (Wildman–Crippen LogP) is 6.65. The van der Waals surface area contributed by atoms with Crippen LogP contribution in [-0.4, -0.2) is 30.3 Å². The molecule has 3 fully saturated rings. The Morgan fingerprint density at radius 1 is 1.24 bits per heavy atom. The molecule has 4 nitrogen and oxygen atoms in total. The third kappa shape index (κ3) is 7.04. The van der Waals surface area contributed by atoms with Crippen molar-refractivity contribution in [2.45, 2.75) is 110 Å². The highest BCUT2D eigenvalue weighted by atomic mass is 16.7. The molecular formula is C29H49NO3. The maximum Gasteiger partial charge on any atom is 0.148 e. The van der Waals surface area contributed by atoms with Gasteiger partial charge < -0.3 is 20.3 Å². The summed E-state index contributed by atoms with van der Waals surface area (Å²) in [7, 11) is 0. The van der Waals surface area contributed by atoms with E-state index in [2.05, 4.69) is 32.6 Å². The Bertz CT molecular complexity index is 719. The molecule has 0 amide bonds. The summed E-state index contributed by atoms with van der Waals surface area (Å²) in [5.74, 6) is 2.24. The minimum absolute atomic E-state index is 0.198. The molecule has 0 spiro atoms. The maximum absolute atomic E-state index is 10.1. The van der Waals surface area contributed by atoms with Crippen molar-refractivity contribution in [1.29, 1.82) is 0 Å². The molecule has 0 aromatic heterocycles. The minimum Gasteiger partial charge on any atom is -0.390 e. The Hall–Kier alpha value is -0.940. The monoisotopic (exact) mass is 459 g/mol. The van der Waals surface area contributed by atoms with Gasteiger partial charge in [0.05, 0.1) is 18.4 Å². The van der Waals surface area contributed by atoms with Crippen molar-refractivity contribution in [2.75, 3.05) is 13.5 Å². The van der Waals surface area contributed by atoms with E-state index in [0.717, 1.165) is 43.9 Å². The van der Waals surface area contributed by atoms with E-state index in [4.69, 9.17) is 15.2 Å². The number of nitrogens with two attached hydrogens (primary N) is 1. The van der Waals surface area contributed by atoms with Crippen molar-refractivity contribution in [1.82, 2.24) is 0 Å². The molecule has 0 aromatic rings. The molecule has 0 saturated heterocycles. The lowest BCUT2D eigenvalue weighted by Gasteiger charge is -2.44. The van der Waals surface area contributed by atoms with Gasteiger partial charge in [0.2, 0.25) is 0 Å². The summed E-state index contributed by atoms with van der Waals surface area (Å²) in [6.07, 6.45) is 17.7. The fourth-order valence-electron chi connectivity index (χ4n) is 6.99. The summed E-state index contributed by atoms with van der Waals surface area (Å²) in [5.41, 5.74) is 9.54. The average Bonchev–Trinajstić information content (AvgIpc) is 3.10. The van der Waals surface area contributed by atoms with Gasteiger partial charge in [0, 0.05) is 0 Å². The van der Waals surface area contributed by atoms with Crippen LogP contribution in [-0.2, 0) is 9.47 Å². The number of hydrogen-bond donors (Lipinski definition) is 2. The number of fused-ring (bicyclic) bond motifs is 1. The molecule has 0 bridgehead atoms. The average molecular weight is 460 g/mol. The number of hydrogen-bond acceptors (Lipinski definition) is 4. The molecule has 0 radical (unpaired) electrons. The highest BCUT2D eigenvalue weighted by Gasteiger charge is 2.50. The molecular weight excluding hydrogens is 410 g/mol. The second kappa shape index (κ2) is 11.7. The quantitative estimate of drug-likeness (QED) is 0.284. The van der Waals surface area contributed by atoms with Crippen molar-refractivity contribution < 1.29 is 14.6 Å². The molecule has 0 aliphatic heterocycles. The predicted molar refractivity (Wildman–Crippen MR) is 137 cm³/mol. The van der Waals surface area contributed by atoms with Gasteiger partial charge in [-0.15, -0.1) is 0 Å². The number of ether oxygens (including phenoxy) is 2. The van der Waals surface area contributed by atoms with Crippen LogP contribution in [0.3, 0.4) is 0 Å². The van der Waals surface area contributed by atoms with Crippen molar-refractivity contribution in [2.24, 2.45) is 28.9 Å². The SMILES string of the molecule is C=C1CCC(OCOCN)CC1=CC=C1CCCC2(C)C1CCC2C(C)CCCC(C)(C)O. The zero-order valence-corrected chi connectivity index (χ0v) is 21.7. The summed E-state index contributed by atoms with van der Waals surface area (Å²) >= 11 is 0. The summed E-state index contributed by atoms with van der Waals surface area (Å²) in [6, 6.07) is 0. The first-order valence-corrected chi connectivity index (χ1v) is 13.3. The lowest BCUT2D eigenvalue weighted by Crippen LogP contribution is -2.36. The van der Waals surface area contributed by atoms with E-state index in [1.807, 2.05) is 13.8 Å². The van der Waals surface area contributed by atoms with Crippen LogP contribution >= 0.6 is 0 Å². The Balaban J connectivity index is 1.64. The Morgan fingerprint density at radius 3 is 2.76 bits per heavy atom. The van der Waals surface area contributed by atoms with E-state index in [9.17, 15) is 5.11 Å². The van der Waals surface area contributed by atoms with Gasteiger partial charge >= 0.3 is 0 Å². The van der Waals surface area contributed by atoms with Crippen LogP contribution in [0.25, 0.3) is 0 Å². The van der Waals surface area contributed by atoms with Crippen molar-refractivity contribution in [3.8, 4) is 0 Å². The van der Waals surface area contributed by atoms with E-state index >= 15 is 0 Å².